The van der Waals surface area contributed by atoms with E-state index in [2.05, 4.69) is 40.4 Å². The number of fused-ring (bicyclic) bond motifs is 1. The number of likely N-dealkylation sites (tertiary alicyclic amines) is 1. The Kier molecular flexibility index (Phi) is 3.33. The number of benzene rings is 1. The van der Waals surface area contributed by atoms with E-state index in [4.69, 9.17) is 5.21 Å². The first-order chi connectivity index (χ1) is 8.86. The predicted octanol–water partition coefficient (Wildman–Crippen LogP) is 2.75. The van der Waals surface area contributed by atoms with Gasteiger partial charge in [0.05, 0.1) is 5.71 Å². The fourth-order valence-corrected chi connectivity index (χ4v) is 3.46. The van der Waals surface area contributed by atoms with Gasteiger partial charge in [-0.15, -0.1) is 0 Å². The van der Waals surface area contributed by atoms with Crippen LogP contribution in [0.3, 0.4) is 0 Å². The summed E-state index contributed by atoms with van der Waals surface area (Å²) in [6, 6.07) is 10.6. The van der Waals surface area contributed by atoms with Crippen molar-refractivity contribution in [2.45, 2.75) is 25.8 Å². The Labute approximate surface area is 108 Å². The Bertz CT molecular complexity index is 429. The average molecular weight is 244 g/mol. The standard InChI is InChI=1S/C15H20N2O/c18-16-15-8-4-7-13-10-17(11-14(13)15)9-12-5-2-1-3-6-12/h1-3,5-6,13-14,18H,4,7-11H2/t13-,14-/m0/s1. The van der Waals surface area contributed by atoms with Gasteiger partial charge in [0.2, 0.25) is 0 Å². The van der Waals surface area contributed by atoms with Gasteiger partial charge in [-0.25, -0.2) is 0 Å². The Morgan fingerprint density at radius 3 is 2.83 bits per heavy atom. The van der Waals surface area contributed by atoms with Crippen molar-refractivity contribution < 1.29 is 5.21 Å². The number of nitrogens with zero attached hydrogens (tertiary/aromatic N) is 2. The minimum Gasteiger partial charge on any atom is -0.411 e. The lowest BCUT2D eigenvalue weighted by molar-refractivity contribution is 0.304. The van der Waals surface area contributed by atoms with Gasteiger partial charge in [-0.05, 0) is 30.7 Å². The topological polar surface area (TPSA) is 35.8 Å². The quantitative estimate of drug-likeness (QED) is 0.641. The molecule has 0 radical (unpaired) electrons. The van der Waals surface area contributed by atoms with Crippen LogP contribution in [0.2, 0.25) is 0 Å². The zero-order chi connectivity index (χ0) is 12.4. The Hall–Kier alpha value is -1.35. The second-order valence-electron chi connectivity index (χ2n) is 5.53. The second-order valence-corrected chi connectivity index (χ2v) is 5.53. The van der Waals surface area contributed by atoms with Gasteiger partial charge in [0.25, 0.3) is 0 Å². The van der Waals surface area contributed by atoms with Crippen molar-refractivity contribution in [2.24, 2.45) is 17.0 Å². The highest BCUT2D eigenvalue weighted by atomic mass is 16.4. The molecule has 1 saturated heterocycles. The van der Waals surface area contributed by atoms with Crippen molar-refractivity contribution in [2.75, 3.05) is 13.1 Å². The molecule has 96 valence electrons. The van der Waals surface area contributed by atoms with Crippen molar-refractivity contribution in [3.8, 4) is 0 Å². The van der Waals surface area contributed by atoms with Crippen LogP contribution in [0.25, 0.3) is 0 Å². The summed E-state index contributed by atoms with van der Waals surface area (Å²) < 4.78 is 0. The maximum absolute atomic E-state index is 9.08. The average Bonchev–Trinajstić information content (AvgIpc) is 2.82. The van der Waals surface area contributed by atoms with Crippen molar-refractivity contribution in [1.82, 2.24) is 4.90 Å². The van der Waals surface area contributed by atoms with Gasteiger partial charge in [0.15, 0.2) is 0 Å². The van der Waals surface area contributed by atoms with Gasteiger partial charge >= 0.3 is 0 Å². The third-order valence-electron chi connectivity index (χ3n) is 4.33. The summed E-state index contributed by atoms with van der Waals surface area (Å²) in [5.41, 5.74) is 2.40. The van der Waals surface area contributed by atoms with E-state index in [0.29, 0.717) is 11.8 Å². The minimum absolute atomic E-state index is 0.493. The molecule has 2 fully saturated rings. The van der Waals surface area contributed by atoms with Crippen LogP contribution in [-0.4, -0.2) is 28.9 Å². The fraction of sp³-hybridized carbons (Fsp3) is 0.533. The molecule has 1 saturated carbocycles. The molecule has 1 N–H and O–H groups in total. The van der Waals surface area contributed by atoms with E-state index in [0.717, 1.165) is 31.8 Å². The number of hydrogen-bond donors (Lipinski definition) is 1. The van der Waals surface area contributed by atoms with E-state index in [1.165, 1.54) is 18.4 Å². The molecular formula is C15H20N2O. The highest BCUT2D eigenvalue weighted by molar-refractivity contribution is 5.87. The first-order valence-electron chi connectivity index (χ1n) is 6.84. The SMILES string of the molecule is ON=C1CCC[C@H]2CN(Cc3ccccc3)C[C@H]12. The molecule has 18 heavy (non-hydrogen) atoms. The van der Waals surface area contributed by atoms with E-state index in [1.807, 2.05) is 0 Å². The maximum atomic E-state index is 9.08. The van der Waals surface area contributed by atoms with E-state index in [1.54, 1.807) is 0 Å². The van der Waals surface area contributed by atoms with Crippen molar-refractivity contribution >= 4 is 5.71 Å². The molecular weight excluding hydrogens is 224 g/mol. The summed E-state index contributed by atoms with van der Waals surface area (Å²) in [5.74, 6) is 1.20. The van der Waals surface area contributed by atoms with Crippen LogP contribution in [0, 0.1) is 11.8 Å². The van der Waals surface area contributed by atoms with Crippen LogP contribution in [0.5, 0.6) is 0 Å². The molecule has 0 spiro atoms. The van der Waals surface area contributed by atoms with Crippen molar-refractivity contribution in [3.05, 3.63) is 35.9 Å². The summed E-state index contributed by atoms with van der Waals surface area (Å²) >= 11 is 0. The fourth-order valence-electron chi connectivity index (χ4n) is 3.46. The third kappa shape index (κ3) is 2.27. The van der Waals surface area contributed by atoms with Crippen LogP contribution in [0.4, 0.5) is 0 Å². The molecule has 1 aromatic carbocycles. The highest BCUT2D eigenvalue weighted by Crippen LogP contribution is 2.35. The van der Waals surface area contributed by atoms with E-state index in [9.17, 15) is 0 Å². The first kappa shape index (κ1) is 11.7. The molecule has 0 amide bonds. The monoisotopic (exact) mass is 244 g/mol. The van der Waals surface area contributed by atoms with Gasteiger partial charge in [-0.2, -0.15) is 0 Å². The largest absolute Gasteiger partial charge is 0.411 e. The number of hydrogen-bond acceptors (Lipinski definition) is 3. The zero-order valence-electron chi connectivity index (χ0n) is 10.6. The molecule has 1 aliphatic carbocycles. The van der Waals surface area contributed by atoms with Crippen molar-refractivity contribution in [1.29, 1.82) is 0 Å². The summed E-state index contributed by atoms with van der Waals surface area (Å²) in [5, 5.41) is 12.6. The minimum atomic E-state index is 0.493. The van der Waals surface area contributed by atoms with Crippen LogP contribution >= 0.6 is 0 Å². The van der Waals surface area contributed by atoms with Crippen LogP contribution < -0.4 is 0 Å². The summed E-state index contributed by atoms with van der Waals surface area (Å²) in [6.45, 7) is 3.23. The highest BCUT2D eigenvalue weighted by Gasteiger charge is 2.38. The van der Waals surface area contributed by atoms with Gasteiger partial charge in [-0.1, -0.05) is 35.5 Å². The smallest absolute Gasteiger partial charge is 0.0617 e. The van der Waals surface area contributed by atoms with Gasteiger partial charge in [0, 0.05) is 25.6 Å². The van der Waals surface area contributed by atoms with Crippen molar-refractivity contribution in [3.63, 3.8) is 0 Å². The van der Waals surface area contributed by atoms with E-state index >= 15 is 0 Å². The molecule has 3 rings (SSSR count). The molecule has 1 aromatic rings. The molecule has 3 heteroatoms. The Morgan fingerprint density at radius 2 is 2.06 bits per heavy atom. The molecule has 0 aromatic heterocycles. The second kappa shape index (κ2) is 5.11. The van der Waals surface area contributed by atoms with Gasteiger partial charge in [-0.3, -0.25) is 4.90 Å². The normalized spacial score (nSPS) is 30.6. The molecule has 0 bridgehead atoms. The van der Waals surface area contributed by atoms with Crippen LogP contribution in [-0.2, 0) is 6.54 Å². The predicted molar refractivity (Wildman–Crippen MR) is 71.8 cm³/mol. The molecule has 2 aliphatic rings. The number of oxime groups is 1. The maximum Gasteiger partial charge on any atom is 0.0617 e. The summed E-state index contributed by atoms with van der Waals surface area (Å²) in [6.07, 6.45) is 3.45. The Morgan fingerprint density at radius 1 is 1.22 bits per heavy atom. The summed E-state index contributed by atoms with van der Waals surface area (Å²) in [4.78, 5) is 2.50. The third-order valence-corrected chi connectivity index (χ3v) is 4.33. The van der Waals surface area contributed by atoms with E-state index in [-0.39, 0.29) is 0 Å². The van der Waals surface area contributed by atoms with Gasteiger partial charge in [0.1, 0.15) is 0 Å². The molecule has 3 nitrogen and oxygen atoms in total. The van der Waals surface area contributed by atoms with Crippen LogP contribution in [0.1, 0.15) is 24.8 Å². The first-order valence-corrected chi connectivity index (χ1v) is 6.84. The zero-order valence-corrected chi connectivity index (χ0v) is 10.6. The lowest BCUT2D eigenvalue weighted by atomic mass is 9.80. The summed E-state index contributed by atoms with van der Waals surface area (Å²) in [7, 11) is 0. The molecule has 2 atom stereocenters. The molecule has 1 aliphatic heterocycles. The lowest BCUT2D eigenvalue weighted by Crippen LogP contribution is -2.27. The number of rotatable bonds is 2. The Balaban J connectivity index is 1.67. The van der Waals surface area contributed by atoms with E-state index < -0.39 is 0 Å². The molecule has 0 unspecified atom stereocenters. The van der Waals surface area contributed by atoms with Crippen LogP contribution in [0.15, 0.2) is 35.5 Å². The van der Waals surface area contributed by atoms with Gasteiger partial charge < -0.3 is 5.21 Å². The molecule has 1 heterocycles. The lowest BCUT2D eigenvalue weighted by Gasteiger charge is -2.24.